The van der Waals surface area contributed by atoms with Crippen LogP contribution in [0, 0.1) is 4.77 Å². The zero-order chi connectivity index (χ0) is 20.9. The molecule has 0 radical (unpaired) electrons. The largest absolute Gasteiger partial charge is 0.300 e. The van der Waals surface area contributed by atoms with Crippen molar-refractivity contribution >= 4 is 45.9 Å². The molecule has 3 heterocycles. The zero-order valence-corrected chi connectivity index (χ0v) is 18.9. The number of nitrogens with zero attached hydrogens (tertiary/aromatic N) is 3. The first-order valence-electron chi connectivity index (χ1n) is 9.68. The summed E-state index contributed by atoms with van der Waals surface area (Å²) >= 11 is 8.25. The highest BCUT2D eigenvalue weighted by atomic mass is 32.1. The van der Waals surface area contributed by atoms with Crippen LogP contribution in [0.15, 0.2) is 47.2 Å². The zero-order valence-electron chi connectivity index (χ0n) is 16.4. The molecule has 6 nitrogen and oxygen atoms in total. The molecule has 0 spiro atoms. The fraction of sp³-hybridized carbons (Fsp3) is 0.238. The molecule has 0 atom stereocenters. The Kier molecular flexibility index (Phi) is 6.51. The lowest BCUT2D eigenvalue weighted by molar-refractivity contribution is -0.116. The summed E-state index contributed by atoms with van der Waals surface area (Å²) < 4.78 is 2.11. The molecule has 0 aliphatic carbocycles. The monoisotopic (exact) mass is 455 g/mol. The minimum Gasteiger partial charge on any atom is -0.300 e. The van der Waals surface area contributed by atoms with Gasteiger partial charge in [0.2, 0.25) is 5.91 Å². The number of nitrogens with one attached hydrogen (secondary N) is 2. The number of carbonyl (C=O) groups excluding carboxylic acids is 1. The van der Waals surface area contributed by atoms with Gasteiger partial charge in [-0.1, -0.05) is 43.7 Å². The van der Waals surface area contributed by atoms with Crippen LogP contribution in [0.25, 0.3) is 22.0 Å². The Bertz CT molecular complexity index is 1170. The maximum atomic E-state index is 12.6. The molecule has 1 aromatic carbocycles. The van der Waals surface area contributed by atoms with Crippen LogP contribution in [0.1, 0.15) is 25.3 Å². The number of aryl methyl sites for hydroxylation is 1. The third kappa shape index (κ3) is 4.75. The molecular formula is C21H21N5OS3. The van der Waals surface area contributed by atoms with Gasteiger partial charge in [0.25, 0.3) is 0 Å². The summed E-state index contributed by atoms with van der Waals surface area (Å²) in [5, 5.41) is 14.4. The molecule has 0 saturated heterocycles. The Balaban J connectivity index is 1.43. The molecule has 0 aliphatic heterocycles. The molecule has 0 fully saturated rings. The van der Waals surface area contributed by atoms with E-state index in [2.05, 4.69) is 51.7 Å². The van der Waals surface area contributed by atoms with Gasteiger partial charge in [0.1, 0.15) is 6.54 Å². The third-order valence-electron chi connectivity index (χ3n) is 4.62. The Labute approximate surface area is 187 Å². The molecule has 0 saturated carbocycles. The lowest BCUT2D eigenvalue weighted by Crippen LogP contribution is -2.19. The molecule has 30 heavy (non-hydrogen) atoms. The van der Waals surface area contributed by atoms with Crippen LogP contribution in [-0.4, -0.2) is 25.7 Å². The SMILES string of the molecule is CCCCc1ccc(-c2csc(NC(=O)Cn3c(-c4cccs4)n[nH]c3=S)n2)cc1. The summed E-state index contributed by atoms with van der Waals surface area (Å²) in [7, 11) is 0. The number of aromatic nitrogens is 4. The molecule has 4 aromatic rings. The van der Waals surface area contributed by atoms with Gasteiger partial charge in [0.15, 0.2) is 15.7 Å². The summed E-state index contributed by atoms with van der Waals surface area (Å²) in [6, 6.07) is 12.4. The molecule has 1 amide bonds. The highest BCUT2D eigenvalue weighted by Crippen LogP contribution is 2.26. The molecule has 0 bridgehead atoms. The fourth-order valence-electron chi connectivity index (χ4n) is 3.05. The van der Waals surface area contributed by atoms with Gasteiger partial charge >= 0.3 is 0 Å². The van der Waals surface area contributed by atoms with Crippen molar-refractivity contribution in [2.45, 2.75) is 32.7 Å². The number of hydrogen-bond acceptors (Lipinski definition) is 6. The molecular weight excluding hydrogens is 434 g/mol. The first kappa shape index (κ1) is 20.6. The summed E-state index contributed by atoms with van der Waals surface area (Å²) in [6.45, 7) is 2.27. The van der Waals surface area contributed by atoms with Crippen LogP contribution in [0.4, 0.5) is 5.13 Å². The van der Waals surface area contributed by atoms with Crippen molar-refractivity contribution in [3.63, 3.8) is 0 Å². The van der Waals surface area contributed by atoms with Crippen molar-refractivity contribution in [3.05, 3.63) is 57.5 Å². The Hall–Kier alpha value is -2.62. The number of carbonyl (C=O) groups is 1. The van der Waals surface area contributed by atoms with E-state index in [1.165, 1.54) is 29.7 Å². The quantitative estimate of drug-likeness (QED) is 0.331. The van der Waals surface area contributed by atoms with Crippen LogP contribution in [0.3, 0.4) is 0 Å². The first-order valence-corrected chi connectivity index (χ1v) is 11.8. The molecule has 3 aromatic heterocycles. The molecule has 0 unspecified atom stereocenters. The molecule has 0 aliphatic rings. The number of anilines is 1. The second-order valence-corrected chi connectivity index (χ2v) is 8.99. The smallest absolute Gasteiger partial charge is 0.246 e. The fourth-order valence-corrected chi connectivity index (χ4v) is 4.70. The lowest BCUT2D eigenvalue weighted by Gasteiger charge is -2.05. The average molecular weight is 456 g/mol. The number of rotatable bonds is 8. The van der Waals surface area contributed by atoms with E-state index >= 15 is 0 Å². The van der Waals surface area contributed by atoms with Gasteiger partial charge in [-0.05, 0) is 42.1 Å². The number of aromatic amines is 1. The summed E-state index contributed by atoms with van der Waals surface area (Å²) in [5.74, 6) is 0.467. The average Bonchev–Trinajstić information content (AvgIpc) is 3.50. The van der Waals surface area contributed by atoms with Crippen molar-refractivity contribution in [1.29, 1.82) is 0 Å². The van der Waals surface area contributed by atoms with E-state index in [0.29, 0.717) is 15.7 Å². The molecule has 4 rings (SSSR count). The maximum absolute atomic E-state index is 12.6. The third-order valence-corrected chi connectivity index (χ3v) is 6.56. The topological polar surface area (TPSA) is 75.6 Å². The van der Waals surface area contributed by atoms with E-state index in [0.717, 1.165) is 22.6 Å². The number of unbranched alkanes of at least 4 members (excludes halogenated alkanes) is 1. The van der Waals surface area contributed by atoms with E-state index in [4.69, 9.17) is 12.2 Å². The first-order chi connectivity index (χ1) is 14.6. The Morgan fingerprint density at radius 2 is 2.07 bits per heavy atom. The van der Waals surface area contributed by atoms with E-state index in [-0.39, 0.29) is 12.5 Å². The van der Waals surface area contributed by atoms with Crippen LogP contribution in [0.5, 0.6) is 0 Å². The van der Waals surface area contributed by atoms with Gasteiger partial charge in [-0.3, -0.25) is 14.5 Å². The van der Waals surface area contributed by atoms with E-state index in [1.807, 2.05) is 22.9 Å². The number of thiazole rings is 1. The highest BCUT2D eigenvalue weighted by Gasteiger charge is 2.14. The van der Waals surface area contributed by atoms with Crippen LogP contribution in [-0.2, 0) is 17.8 Å². The van der Waals surface area contributed by atoms with Gasteiger partial charge in [-0.25, -0.2) is 4.98 Å². The van der Waals surface area contributed by atoms with Crippen molar-refractivity contribution in [2.75, 3.05) is 5.32 Å². The summed E-state index contributed by atoms with van der Waals surface area (Å²) in [6.07, 6.45) is 3.48. The van der Waals surface area contributed by atoms with Crippen molar-refractivity contribution in [1.82, 2.24) is 19.7 Å². The van der Waals surface area contributed by atoms with Gasteiger partial charge in [-0.2, -0.15) is 5.10 Å². The van der Waals surface area contributed by atoms with Crippen LogP contribution < -0.4 is 5.32 Å². The normalized spacial score (nSPS) is 11.0. The molecule has 9 heteroatoms. The summed E-state index contributed by atoms with van der Waals surface area (Å²) in [4.78, 5) is 18.1. The van der Waals surface area contributed by atoms with Gasteiger partial charge in [-0.15, -0.1) is 22.7 Å². The number of thiophene rings is 1. The molecule has 2 N–H and O–H groups in total. The number of benzene rings is 1. The van der Waals surface area contributed by atoms with Gasteiger partial charge < -0.3 is 5.32 Å². The Morgan fingerprint density at radius 3 is 2.80 bits per heavy atom. The predicted octanol–water partition coefficient (Wildman–Crippen LogP) is 5.77. The van der Waals surface area contributed by atoms with Crippen molar-refractivity contribution in [3.8, 4) is 22.0 Å². The second-order valence-electron chi connectivity index (χ2n) is 6.80. The second kappa shape index (κ2) is 9.46. The van der Waals surface area contributed by atoms with E-state index in [1.54, 1.807) is 15.9 Å². The van der Waals surface area contributed by atoms with Crippen LogP contribution in [0.2, 0.25) is 0 Å². The highest BCUT2D eigenvalue weighted by molar-refractivity contribution is 7.71. The maximum Gasteiger partial charge on any atom is 0.246 e. The van der Waals surface area contributed by atoms with Crippen molar-refractivity contribution in [2.24, 2.45) is 0 Å². The number of hydrogen-bond donors (Lipinski definition) is 2. The van der Waals surface area contributed by atoms with Crippen molar-refractivity contribution < 1.29 is 4.79 Å². The van der Waals surface area contributed by atoms with Gasteiger partial charge in [0.05, 0.1) is 10.6 Å². The minimum absolute atomic E-state index is 0.0730. The standard InChI is InChI=1S/C21H21N5OS3/c1-2-3-5-14-7-9-15(10-8-14)16-13-30-20(22-16)23-18(27)12-26-19(24-25-21(26)28)17-6-4-11-29-17/h4,6-11,13H,2-3,5,12H2,1H3,(H,25,28)(H,22,23,27). The van der Waals surface area contributed by atoms with E-state index < -0.39 is 0 Å². The molecule has 154 valence electrons. The lowest BCUT2D eigenvalue weighted by atomic mass is 10.1. The van der Waals surface area contributed by atoms with E-state index in [9.17, 15) is 4.79 Å². The number of H-pyrrole nitrogens is 1. The predicted molar refractivity (Wildman–Crippen MR) is 126 cm³/mol. The Morgan fingerprint density at radius 1 is 1.23 bits per heavy atom. The number of amides is 1. The summed E-state index contributed by atoms with van der Waals surface area (Å²) in [5.41, 5.74) is 3.24. The van der Waals surface area contributed by atoms with Gasteiger partial charge in [0, 0.05) is 10.9 Å². The van der Waals surface area contributed by atoms with Crippen LogP contribution >= 0.6 is 34.9 Å². The minimum atomic E-state index is -0.193.